The Labute approximate surface area is 100.0 Å². The summed E-state index contributed by atoms with van der Waals surface area (Å²) in [6.45, 7) is 1.53. The second-order valence-electron chi connectivity index (χ2n) is 3.50. The highest BCUT2D eigenvalue weighted by atomic mass is 19.4. The van der Waals surface area contributed by atoms with Crippen molar-refractivity contribution in [2.45, 2.75) is 13.1 Å². The minimum atomic E-state index is -4.63. The minimum absolute atomic E-state index is 0.000880. The molecule has 18 heavy (non-hydrogen) atoms. The van der Waals surface area contributed by atoms with E-state index in [1.54, 1.807) is 0 Å². The molecule has 0 atom stereocenters. The molecule has 0 aliphatic heterocycles. The molecule has 0 amide bonds. The zero-order chi connectivity index (χ0) is 13.3. The molecule has 0 saturated carbocycles. The highest BCUT2D eigenvalue weighted by Crippen LogP contribution is 2.33. The number of aromatic nitrogens is 2. The molecule has 2 aromatic rings. The lowest BCUT2D eigenvalue weighted by Crippen LogP contribution is -2.21. The molecule has 0 N–H and O–H groups in total. The highest BCUT2D eigenvalue weighted by molar-refractivity contribution is 5.90. The van der Waals surface area contributed by atoms with E-state index in [0.717, 1.165) is 6.07 Å². The van der Waals surface area contributed by atoms with Gasteiger partial charge in [-0.15, -0.1) is 0 Å². The van der Waals surface area contributed by atoms with Crippen molar-refractivity contribution in [1.29, 1.82) is 0 Å². The van der Waals surface area contributed by atoms with E-state index in [1.807, 2.05) is 0 Å². The zero-order valence-corrected chi connectivity index (χ0v) is 9.36. The summed E-state index contributed by atoms with van der Waals surface area (Å²) < 4.78 is 43.7. The minimum Gasteiger partial charge on any atom is -0.449 e. The fourth-order valence-corrected chi connectivity index (χ4v) is 1.65. The third-order valence-corrected chi connectivity index (χ3v) is 2.34. The molecule has 0 fully saturated rings. The van der Waals surface area contributed by atoms with Crippen LogP contribution in [-0.4, -0.2) is 22.3 Å². The van der Waals surface area contributed by atoms with E-state index in [0.29, 0.717) is 4.57 Å². The van der Waals surface area contributed by atoms with Crippen molar-refractivity contribution in [3.8, 4) is 0 Å². The molecule has 7 heteroatoms. The van der Waals surface area contributed by atoms with Crippen LogP contribution in [0.1, 0.15) is 12.6 Å². The first-order chi connectivity index (χ1) is 8.45. The molecule has 0 radical (unpaired) electrons. The summed E-state index contributed by atoms with van der Waals surface area (Å²) in [4.78, 5) is 15.3. The van der Waals surface area contributed by atoms with Gasteiger partial charge < -0.3 is 4.74 Å². The first-order valence-corrected chi connectivity index (χ1v) is 5.15. The Balaban J connectivity index is 2.69. The number of halogens is 3. The lowest BCUT2D eigenvalue weighted by molar-refractivity contribution is -0.142. The number of ether oxygens (including phenoxy) is 1. The Bertz CT molecular complexity index is 589. The fraction of sp³-hybridized carbons (Fsp3) is 0.273. The van der Waals surface area contributed by atoms with Gasteiger partial charge in [-0.3, -0.25) is 4.98 Å². The number of carbonyl (C=O) groups excluding carboxylic acids is 1. The Kier molecular flexibility index (Phi) is 2.98. The van der Waals surface area contributed by atoms with Gasteiger partial charge in [0.15, 0.2) is 0 Å². The summed E-state index contributed by atoms with van der Waals surface area (Å²) in [5, 5.41) is 0.234. The van der Waals surface area contributed by atoms with Gasteiger partial charge in [0.25, 0.3) is 0 Å². The van der Waals surface area contributed by atoms with Crippen LogP contribution in [0.15, 0.2) is 24.5 Å². The Hall–Kier alpha value is -2.05. The fourth-order valence-electron chi connectivity index (χ4n) is 1.65. The normalized spacial score (nSPS) is 11.8. The van der Waals surface area contributed by atoms with E-state index in [9.17, 15) is 18.0 Å². The summed E-state index contributed by atoms with van der Waals surface area (Å²) in [6.07, 6.45) is -3.10. The summed E-state index contributed by atoms with van der Waals surface area (Å²) in [5.74, 6) is 0. The van der Waals surface area contributed by atoms with Crippen LogP contribution >= 0.6 is 0 Å². The largest absolute Gasteiger partial charge is 0.449 e. The molecular formula is C11H9F3N2O2. The standard InChI is InChI=1S/C11H9F3N2O2/c1-2-18-10(17)16-8-3-4-15-6-7(8)5-9(16)11(12,13)14/h3-6H,2H2,1H3. The Morgan fingerprint density at radius 3 is 2.83 bits per heavy atom. The summed E-state index contributed by atoms with van der Waals surface area (Å²) in [7, 11) is 0. The molecule has 96 valence electrons. The highest BCUT2D eigenvalue weighted by Gasteiger charge is 2.37. The number of alkyl halides is 3. The topological polar surface area (TPSA) is 44.1 Å². The zero-order valence-electron chi connectivity index (χ0n) is 9.36. The molecule has 0 aliphatic rings. The molecule has 2 rings (SSSR count). The van der Waals surface area contributed by atoms with Crippen molar-refractivity contribution in [3.05, 3.63) is 30.2 Å². The van der Waals surface area contributed by atoms with E-state index < -0.39 is 18.0 Å². The quantitative estimate of drug-likeness (QED) is 0.789. The lowest BCUT2D eigenvalue weighted by atomic mass is 10.3. The van der Waals surface area contributed by atoms with Crippen LogP contribution in [-0.2, 0) is 10.9 Å². The van der Waals surface area contributed by atoms with Gasteiger partial charge in [-0.25, -0.2) is 9.36 Å². The van der Waals surface area contributed by atoms with Gasteiger partial charge in [0, 0.05) is 17.8 Å². The van der Waals surface area contributed by atoms with Crippen LogP contribution in [0.2, 0.25) is 0 Å². The van der Waals surface area contributed by atoms with Crippen LogP contribution in [0.3, 0.4) is 0 Å². The van der Waals surface area contributed by atoms with Crippen molar-refractivity contribution in [2.24, 2.45) is 0 Å². The van der Waals surface area contributed by atoms with E-state index in [1.165, 1.54) is 25.4 Å². The van der Waals surface area contributed by atoms with Crippen LogP contribution in [0.4, 0.5) is 18.0 Å². The number of fused-ring (bicyclic) bond motifs is 1. The molecule has 0 spiro atoms. The van der Waals surface area contributed by atoms with Gasteiger partial charge in [-0.05, 0) is 19.1 Å². The first-order valence-electron chi connectivity index (χ1n) is 5.15. The van der Waals surface area contributed by atoms with Crippen LogP contribution < -0.4 is 0 Å². The van der Waals surface area contributed by atoms with Crippen molar-refractivity contribution in [3.63, 3.8) is 0 Å². The van der Waals surface area contributed by atoms with Gasteiger partial charge in [-0.1, -0.05) is 0 Å². The molecule has 0 unspecified atom stereocenters. The van der Waals surface area contributed by atoms with E-state index >= 15 is 0 Å². The van der Waals surface area contributed by atoms with Crippen LogP contribution in [0.25, 0.3) is 10.9 Å². The average molecular weight is 258 g/mol. The molecule has 0 aromatic carbocycles. The summed E-state index contributed by atoms with van der Waals surface area (Å²) in [5.41, 5.74) is -0.945. The predicted molar refractivity (Wildman–Crippen MR) is 57.2 cm³/mol. The number of pyridine rings is 1. The molecule has 0 bridgehead atoms. The first kappa shape index (κ1) is 12.4. The molecule has 0 aliphatic carbocycles. The second-order valence-corrected chi connectivity index (χ2v) is 3.50. The molecule has 4 nitrogen and oxygen atoms in total. The van der Waals surface area contributed by atoms with Crippen molar-refractivity contribution >= 4 is 17.0 Å². The maximum absolute atomic E-state index is 12.8. The van der Waals surface area contributed by atoms with Gasteiger partial charge in [-0.2, -0.15) is 13.2 Å². The molecule has 2 aromatic heterocycles. The summed E-state index contributed by atoms with van der Waals surface area (Å²) in [6, 6.07) is 2.21. The SMILES string of the molecule is CCOC(=O)n1c(C(F)(F)F)cc2cnccc21. The van der Waals surface area contributed by atoms with Gasteiger partial charge >= 0.3 is 12.3 Å². The van der Waals surface area contributed by atoms with Crippen molar-refractivity contribution in [1.82, 2.24) is 9.55 Å². The third kappa shape index (κ3) is 2.03. The van der Waals surface area contributed by atoms with E-state index in [2.05, 4.69) is 9.72 Å². The predicted octanol–water partition coefficient (Wildman–Crippen LogP) is 3.06. The second kappa shape index (κ2) is 4.32. The van der Waals surface area contributed by atoms with Crippen molar-refractivity contribution < 1.29 is 22.7 Å². The number of nitrogens with zero attached hydrogens (tertiary/aromatic N) is 2. The molecular weight excluding hydrogens is 249 g/mol. The number of rotatable bonds is 1. The smallest absolute Gasteiger partial charge is 0.432 e. The van der Waals surface area contributed by atoms with Gasteiger partial charge in [0.2, 0.25) is 0 Å². The Morgan fingerprint density at radius 1 is 1.50 bits per heavy atom. The third-order valence-electron chi connectivity index (χ3n) is 2.34. The molecule has 0 saturated heterocycles. The molecule has 2 heterocycles. The lowest BCUT2D eigenvalue weighted by Gasteiger charge is -2.11. The summed E-state index contributed by atoms with van der Waals surface area (Å²) >= 11 is 0. The monoisotopic (exact) mass is 258 g/mol. The van der Waals surface area contributed by atoms with Gasteiger partial charge in [0.1, 0.15) is 5.69 Å². The maximum Gasteiger partial charge on any atom is 0.432 e. The van der Waals surface area contributed by atoms with E-state index in [-0.39, 0.29) is 17.5 Å². The Morgan fingerprint density at radius 2 is 2.22 bits per heavy atom. The number of hydrogen-bond acceptors (Lipinski definition) is 3. The van der Waals surface area contributed by atoms with Crippen LogP contribution in [0, 0.1) is 0 Å². The number of hydrogen-bond donors (Lipinski definition) is 0. The van der Waals surface area contributed by atoms with Gasteiger partial charge in [0.05, 0.1) is 12.1 Å². The number of carbonyl (C=O) groups is 1. The van der Waals surface area contributed by atoms with Crippen molar-refractivity contribution in [2.75, 3.05) is 6.61 Å². The van der Waals surface area contributed by atoms with E-state index in [4.69, 9.17) is 0 Å². The maximum atomic E-state index is 12.8. The van der Waals surface area contributed by atoms with Crippen LogP contribution in [0.5, 0.6) is 0 Å². The average Bonchev–Trinajstić information content (AvgIpc) is 2.68.